The first kappa shape index (κ1) is 14.2. The van der Waals surface area contributed by atoms with E-state index in [0.29, 0.717) is 5.78 Å². The summed E-state index contributed by atoms with van der Waals surface area (Å²) >= 11 is 0. The Labute approximate surface area is 124 Å². The van der Waals surface area contributed by atoms with E-state index < -0.39 is 0 Å². The molecule has 2 aromatic rings. The molecule has 1 N–H and O–H groups in total. The lowest BCUT2D eigenvalue weighted by atomic mass is 10.2. The van der Waals surface area contributed by atoms with Gasteiger partial charge in [0.1, 0.15) is 12.1 Å². The van der Waals surface area contributed by atoms with Gasteiger partial charge in [0.2, 0.25) is 0 Å². The van der Waals surface area contributed by atoms with Gasteiger partial charge in [-0.3, -0.25) is 0 Å². The van der Waals surface area contributed by atoms with Gasteiger partial charge >= 0.3 is 0 Å². The van der Waals surface area contributed by atoms with Crippen LogP contribution in [-0.4, -0.2) is 63.9 Å². The Balaban J connectivity index is 1.74. The molecule has 1 aliphatic rings. The van der Waals surface area contributed by atoms with E-state index in [9.17, 15) is 0 Å². The third-order valence-electron chi connectivity index (χ3n) is 3.66. The van der Waals surface area contributed by atoms with Gasteiger partial charge in [-0.2, -0.15) is 14.6 Å². The van der Waals surface area contributed by atoms with E-state index >= 15 is 0 Å². The first-order valence-electron chi connectivity index (χ1n) is 7.50. The SMILES string of the molecule is CCCc1cc(NCC2CN(C)CCO2)n2ncnc2n1. The third-order valence-corrected chi connectivity index (χ3v) is 3.66. The zero-order valence-electron chi connectivity index (χ0n) is 12.6. The summed E-state index contributed by atoms with van der Waals surface area (Å²) < 4.78 is 7.52. The predicted octanol–water partition coefficient (Wildman–Crippen LogP) is 0.819. The van der Waals surface area contributed by atoms with Crippen LogP contribution in [0.3, 0.4) is 0 Å². The van der Waals surface area contributed by atoms with Gasteiger partial charge in [0.05, 0.1) is 12.7 Å². The lowest BCUT2D eigenvalue weighted by Crippen LogP contribution is -2.43. The van der Waals surface area contributed by atoms with Crippen LogP contribution in [0, 0.1) is 0 Å². The molecule has 1 atom stereocenters. The second-order valence-electron chi connectivity index (χ2n) is 5.49. The Hall–Kier alpha value is -1.73. The Morgan fingerprint density at radius 2 is 2.38 bits per heavy atom. The molecule has 114 valence electrons. The third kappa shape index (κ3) is 3.30. The average Bonchev–Trinajstić information content (AvgIpc) is 2.93. The van der Waals surface area contributed by atoms with Crippen LogP contribution in [0.25, 0.3) is 5.78 Å². The highest BCUT2D eigenvalue weighted by molar-refractivity contribution is 5.45. The first-order valence-corrected chi connectivity index (χ1v) is 7.50. The van der Waals surface area contributed by atoms with Crippen LogP contribution in [0.2, 0.25) is 0 Å². The van der Waals surface area contributed by atoms with E-state index in [-0.39, 0.29) is 6.10 Å². The van der Waals surface area contributed by atoms with Crippen molar-refractivity contribution in [2.75, 3.05) is 38.6 Å². The number of likely N-dealkylation sites (N-methyl/N-ethyl adjacent to an activating group) is 1. The molecule has 2 aromatic heterocycles. The summed E-state index contributed by atoms with van der Waals surface area (Å²) in [6.07, 6.45) is 3.74. The number of nitrogens with zero attached hydrogens (tertiary/aromatic N) is 5. The lowest BCUT2D eigenvalue weighted by Gasteiger charge is -2.30. The summed E-state index contributed by atoms with van der Waals surface area (Å²) in [6, 6.07) is 2.05. The number of aryl methyl sites for hydroxylation is 1. The standard InChI is InChI=1S/C14H22N6O/c1-3-4-11-7-13(20-14(18-11)16-10-17-20)15-8-12-9-19(2)5-6-21-12/h7,10,12,15H,3-6,8-9H2,1-2H3. The molecule has 0 saturated carbocycles. The average molecular weight is 290 g/mol. The molecule has 7 nitrogen and oxygen atoms in total. The van der Waals surface area contributed by atoms with Gasteiger partial charge in [-0.25, -0.2) is 4.98 Å². The maximum Gasteiger partial charge on any atom is 0.254 e. The van der Waals surface area contributed by atoms with Gasteiger partial charge in [-0.1, -0.05) is 13.3 Å². The molecule has 3 heterocycles. The molecule has 0 spiro atoms. The maximum atomic E-state index is 5.78. The molecule has 0 amide bonds. The van der Waals surface area contributed by atoms with Crippen LogP contribution < -0.4 is 5.32 Å². The van der Waals surface area contributed by atoms with Crippen molar-refractivity contribution < 1.29 is 4.74 Å². The van der Waals surface area contributed by atoms with Gasteiger partial charge < -0.3 is 15.0 Å². The van der Waals surface area contributed by atoms with Crippen molar-refractivity contribution in [3.05, 3.63) is 18.1 Å². The second-order valence-corrected chi connectivity index (χ2v) is 5.49. The van der Waals surface area contributed by atoms with E-state index in [4.69, 9.17) is 4.74 Å². The van der Waals surface area contributed by atoms with Crippen LogP contribution >= 0.6 is 0 Å². The number of ether oxygens (including phenoxy) is 1. The van der Waals surface area contributed by atoms with Crippen molar-refractivity contribution in [3.63, 3.8) is 0 Å². The van der Waals surface area contributed by atoms with Crippen molar-refractivity contribution in [3.8, 4) is 0 Å². The van der Waals surface area contributed by atoms with E-state index in [0.717, 1.165) is 50.6 Å². The number of nitrogens with one attached hydrogen (secondary N) is 1. The van der Waals surface area contributed by atoms with Crippen molar-refractivity contribution in [1.82, 2.24) is 24.5 Å². The Bertz CT molecular complexity index is 598. The second kappa shape index (κ2) is 6.36. The first-order chi connectivity index (χ1) is 10.3. The zero-order chi connectivity index (χ0) is 14.7. The number of rotatable bonds is 5. The fourth-order valence-corrected chi connectivity index (χ4v) is 2.58. The molecule has 1 saturated heterocycles. The topological polar surface area (TPSA) is 67.6 Å². The molecule has 3 rings (SSSR count). The van der Waals surface area contributed by atoms with Gasteiger partial charge in [-0.15, -0.1) is 0 Å². The highest BCUT2D eigenvalue weighted by atomic mass is 16.5. The summed E-state index contributed by atoms with van der Waals surface area (Å²) in [5, 5.41) is 7.66. The largest absolute Gasteiger partial charge is 0.374 e. The van der Waals surface area contributed by atoms with Gasteiger partial charge in [-0.05, 0) is 13.5 Å². The Morgan fingerprint density at radius 1 is 1.48 bits per heavy atom. The van der Waals surface area contributed by atoms with E-state index in [1.165, 1.54) is 6.33 Å². The number of aromatic nitrogens is 4. The highest BCUT2D eigenvalue weighted by Gasteiger charge is 2.18. The molecular formula is C14H22N6O. The molecule has 1 unspecified atom stereocenters. The van der Waals surface area contributed by atoms with Crippen molar-refractivity contribution >= 4 is 11.6 Å². The summed E-state index contributed by atoms with van der Waals surface area (Å²) in [6.45, 7) is 5.64. The highest BCUT2D eigenvalue weighted by Crippen LogP contribution is 2.13. The van der Waals surface area contributed by atoms with Crippen LogP contribution in [0.15, 0.2) is 12.4 Å². The van der Waals surface area contributed by atoms with E-state index in [2.05, 4.69) is 45.3 Å². The van der Waals surface area contributed by atoms with Crippen molar-refractivity contribution in [2.24, 2.45) is 0 Å². The van der Waals surface area contributed by atoms with Gasteiger partial charge in [0.15, 0.2) is 0 Å². The van der Waals surface area contributed by atoms with E-state index in [1.54, 1.807) is 4.52 Å². The fourth-order valence-electron chi connectivity index (χ4n) is 2.58. The molecule has 0 aliphatic carbocycles. The predicted molar refractivity (Wildman–Crippen MR) is 80.5 cm³/mol. The molecule has 0 bridgehead atoms. The summed E-state index contributed by atoms with van der Waals surface area (Å²) in [4.78, 5) is 11.0. The van der Waals surface area contributed by atoms with Crippen LogP contribution in [0.5, 0.6) is 0 Å². The molecule has 1 aliphatic heterocycles. The molecule has 1 fully saturated rings. The maximum absolute atomic E-state index is 5.78. The van der Waals surface area contributed by atoms with Crippen LogP contribution in [0.1, 0.15) is 19.0 Å². The van der Waals surface area contributed by atoms with Crippen LogP contribution in [-0.2, 0) is 11.2 Å². The minimum Gasteiger partial charge on any atom is -0.374 e. The fraction of sp³-hybridized carbons (Fsp3) is 0.643. The smallest absolute Gasteiger partial charge is 0.254 e. The number of morpholine rings is 1. The van der Waals surface area contributed by atoms with Crippen LogP contribution in [0.4, 0.5) is 5.82 Å². The summed E-state index contributed by atoms with van der Waals surface area (Å²) in [5.41, 5.74) is 1.04. The van der Waals surface area contributed by atoms with Crippen molar-refractivity contribution in [1.29, 1.82) is 0 Å². The minimum atomic E-state index is 0.199. The number of hydrogen-bond acceptors (Lipinski definition) is 6. The lowest BCUT2D eigenvalue weighted by molar-refractivity contribution is -0.0117. The number of anilines is 1. The number of fused-ring (bicyclic) bond motifs is 1. The van der Waals surface area contributed by atoms with E-state index in [1.807, 2.05) is 0 Å². The molecule has 0 radical (unpaired) electrons. The summed E-state index contributed by atoms with van der Waals surface area (Å²) in [5.74, 6) is 1.57. The molecule has 21 heavy (non-hydrogen) atoms. The van der Waals surface area contributed by atoms with Crippen molar-refractivity contribution in [2.45, 2.75) is 25.9 Å². The molecule has 7 heteroatoms. The molecular weight excluding hydrogens is 268 g/mol. The quantitative estimate of drug-likeness (QED) is 0.879. The monoisotopic (exact) mass is 290 g/mol. The van der Waals surface area contributed by atoms with Gasteiger partial charge in [0, 0.05) is 31.4 Å². The number of hydrogen-bond donors (Lipinski definition) is 1. The Kier molecular flexibility index (Phi) is 4.31. The minimum absolute atomic E-state index is 0.199. The van der Waals surface area contributed by atoms with Gasteiger partial charge in [0.25, 0.3) is 5.78 Å². The molecule has 0 aromatic carbocycles. The zero-order valence-corrected chi connectivity index (χ0v) is 12.6. The Morgan fingerprint density at radius 3 is 3.19 bits per heavy atom. The summed E-state index contributed by atoms with van der Waals surface area (Å²) in [7, 11) is 2.12. The normalized spacial score (nSPS) is 20.0.